The molecule has 23 heavy (non-hydrogen) atoms. The lowest BCUT2D eigenvalue weighted by atomic mass is 10.00. The third-order valence-corrected chi connectivity index (χ3v) is 5.39. The molecule has 3 rings (SSSR count). The van der Waals surface area contributed by atoms with Crippen LogP contribution in [-0.4, -0.2) is 50.1 Å². The van der Waals surface area contributed by atoms with E-state index in [4.69, 9.17) is 0 Å². The van der Waals surface area contributed by atoms with Gasteiger partial charge in [-0.2, -0.15) is 0 Å². The summed E-state index contributed by atoms with van der Waals surface area (Å²) >= 11 is 0. The van der Waals surface area contributed by atoms with Crippen molar-refractivity contribution >= 4 is 11.6 Å². The summed E-state index contributed by atoms with van der Waals surface area (Å²) in [7, 11) is 1.99. The lowest BCUT2D eigenvalue weighted by Crippen LogP contribution is -2.48. The predicted octanol–water partition coefficient (Wildman–Crippen LogP) is 2.50. The van der Waals surface area contributed by atoms with E-state index in [1.165, 1.54) is 12.1 Å². The summed E-state index contributed by atoms with van der Waals surface area (Å²) in [6.07, 6.45) is 5.23. The molecule has 2 saturated heterocycles. The van der Waals surface area contributed by atoms with Crippen molar-refractivity contribution in [2.24, 2.45) is 5.92 Å². The fourth-order valence-electron chi connectivity index (χ4n) is 3.81. The van der Waals surface area contributed by atoms with Gasteiger partial charge < -0.3 is 15.1 Å². The molecule has 4 heteroatoms. The minimum atomic E-state index is 0.316. The summed E-state index contributed by atoms with van der Waals surface area (Å²) in [5, 5.41) is 3.38. The maximum atomic E-state index is 12.5. The topological polar surface area (TPSA) is 35.6 Å². The van der Waals surface area contributed by atoms with Crippen molar-refractivity contribution in [1.29, 1.82) is 0 Å². The summed E-state index contributed by atoms with van der Waals surface area (Å²) in [5.41, 5.74) is 1.27. The maximum Gasteiger partial charge on any atom is 0.222 e. The predicted molar refractivity (Wildman–Crippen MR) is 94.7 cm³/mol. The zero-order valence-electron chi connectivity index (χ0n) is 14.2. The first-order valence-electron chi connectivity index (χ1n) is 9.00. The Labute approximate surface area is 139 Å². The van der Waals surface area contributed by atoms with Crippen LogP contribution in [0.25, 0.3) is 0 Å². The van der Waals surface area contributed by atoms with E-state index < -0.39 is 0 Å². The number of hydrogen-bond donors (Lipinski definition) is 1. The highest BCUT2D eigenvalue weighted by Crippen LogP contribution is 2.23. The molecular formula is C19H29N3O. The van der Waals surface area contributed by atoms with Gasteiger partial charge in [0, 0.05) is 38.3 Å². The molecule has 4 nitrogen and oxygen atoms in total. The third-order valence-electron chi connectivity index (χ3n) is 5.39. The standard InChI is InChI=1S/C19H29N3O/c1-21(19(23)10-9-16-11-12-20-14-16)18-8-5-13-22(15-18)17-6-3-2-4-7-17/h2-4,6-7,16,18,20H,5,8-15H2,1H3. The van der Waals surface area contributed by atoms with Gasteiger partial charge in [-0.3, -0.25) is 4.79 Å². The molecular weight excluding hydrogens is 286 g/mol. The van der Waals surface area contributed by atoms with Crippen LogP contribution in [0.5, 0.6) is 0 Å². The number of carbonyl (C=O) groups excluding carboxylic acids is 1. The number of anilines is 1. The Morgan fingerprint density at radius 3 is 2.87 bits per heavy atom. The second-order valence-corrected chi connectivity index (χ2v) is 6.98. The van der Waals surface area contributed by atoms with E-state index in [2.05, 4.69) is 40.5 Å². The van der Waals surface area contributed by atoms with Gasteiger partial charge in [-0.15, -0.1) is 0 Å². The summed E-state index contributed by atoms with van der Waals surface area (Å²) in [6.45, 7) is 4.25. The molecule has 1 N–H and O–H groups in total. The largest absolute Gasteiger partial charge is 0.369 e. The Balaban J connectivity index is 1.51. The lowest BCUT2D eigenvalue weighted by Gasteiger charge is -2.39. The zero-order chi connectivity index (χ0) is 16.1. The molecule has 0 spiro atoms. The van der Waals surface area contributed by atoms with Crippen molar-refractivity contribution in [1.82, 2.24) is 10.2 Å². The average molecular weight is 315 g/mol. The highest BCUT2D eigenvalue weighted by Gasteiger charge is 2.26. The summed E-state index contributed by atoms with van der Waals surface area (Å²) < 4.78 is 0. The van der Waals surface area contributed by atoms with Gasteiger partial charge in [0.15, 0.2) is 0 Å². The molecule has 2 unspecified atom stereocenters. The van der Waals surface area contributed by atoms with Crippen LogP contribution in [0.15, 0.2) is 30.3 Å². The molecule has 2 aliphatic rings. The Morgan fingerprint density at radius 2 is 2.13 bits per heavy atom. The van der Waals surface area contributed by atoms with E-state index in [1.807, 2.05) is 11.9 Å². The molecule has 2 heterocycles. The quantitative estimate of drug-likeness (QED) is 0.907. The number of likely N-dealkylation sites (N-methyl/N-ethyl adjacent to an activating group) is 1. The lowest BCUT2D eigenvalue weighted by molar-refractivity contribution is -0.132. The van der Waals surface area contributed by atoms with Gasteiger partial charge in [-0.25, -0.2) is 0 Å². The Kier molecular flexibility index (Phi) is 5.55. The van der Waals surface area contributed by atoms with Crippen molar-refractivity contribution in [2.75, 3.05) is 38.1 Å². The Hall–Kier alpha value is -1.55. The average Bonchev–Trinajstić information content (AvgIpc) is 3.13. The van der Waals surface area contributed by atoms with Gasteiger partial charge >= 0.3 is 0 Å². The Bertz CT molecular complexity index is 499. The molecule has 0 saturated carbocycles. The van der Waals surface area contributed by atoms with Gasteiger partial charge in [0.25, 0.3) is 0 Å². The molecule has 0 radical (unpaired) electrons. The number of hydrogen-bond acceptors (Lipinski definition) is 3. The first-order chi connectivity index (χ1) is 11.2. The SMILES string of the molecule is CN(C(=O)CCC1CCNC1)C1CCCN(c2ccccc2)C1. The number of piperidine rings is 1. The van der Waals surface area contributed by atoms with Gasteiger partial charge in [0.2, 0.25) is 5.91 Å². The molecule has 2 fully saturated rings. The monoisotopic (exact) mass is 315 g/mol. The number of nitrogens with one attached hydrogen (secondary N) is 1. The summed E-state index contributed by atoms with van der Waals surface area (Å²) in [4.78, 5) is 17.0. The van der Waals surface area contributed by atoms with Crippen molar-refractivity contribution in [3.05, 3.63) is 30.3 Å². The molecule has 2 aliphatic heterocycles. The van der Waals surface area contributed by atoms with Crippen molar-refractivity contribution in [3.63, 3.8) is 0 Å². The van der Waals surface area contributed by atoms with Crippen molar-refractivity contribution in [2.45, 2.75) is 38.1 Å². The third kappa shape index (κ3) is 4.25. The number of carbonyl (C=O) groups is 1. The van der Waals surface area contributed by atoms with Crippen LogP contribution in [0.1, 0.15) is 32.1 Å². The first-order valence-corrected chi connectivity index (χ1v) is 9.00. The van der Waals surface area contributed by atoms with E-state index in [0.29, 0.717) is 24.3 Å². The molecule has 1 aromatic carbocycles. The number of amides is 1. The molecule has 1 amide bonds. The van der Waals surface area contributed by atoms with Gasteiger partial charge in [0.1, 0.15) is 0 Å². The van der Waals surface area contributed by atoms with Gasteiger partial charge in [-0.1, -0.05) is 18.2 Å². The normalized spacial score (nSPS) is 24.7. The number of para-hydroxylation sites is 1. The summed E-state index contributed by atoms with van der Waals surface area (Å²) in [6, 6.07) is 10.9. The van der Waals surface area contributed by atoms with Crippen LogP contribution in [0.4, 0.5) is 5.69 Å². The number of rotatable bonds is 5. The number of nitrogens with zero attached hydrogens (tertiary/aromatic N) is 2. The second kappa shape index (κ2) is 7.82. The molecule has 126 valence electrons. The highest BCUT2D eigenvalue weighted by molar-refractivity contribution is 5.76. The molecule has 1 aromatic rings. The van der Waals surface area contributed by atoms with Crippen LogP contribution in [0, 0.1) is 5.92 Å². The van der Waals surface area contributed by atoms with Gasteiger partial charge in [-0.05, 0) is 56.8 Å². The second-order valence-electron chi connectivity index (χ2n) is 6.98. The van der Waals surface area contributed by atoms with Crippen LogP contribution in [-0.2, 0) is 4.79 Å². The maximum absolute atomic E-state index is 12.5. The zero-order valence-corrected chi connectivity index (χ0v) is 14.2. The molecule has 0 aromatic heterocycles. The van der Waals surface area contributed by atoms with Crippen LogP contribution in [0.2, 0.25) is 0 Å². The highest BCUT2D eigenvalue weighted by atomic mass is 16.2. The van der Waals surface area contributed by atoms with Crippen LogP contribution < -0.4 is 10.2 Å². The van der Waals surface area contributed by atoms with Crippen LogP contribution in [0.3, 0.4) is 0 Å². The van der Waals surface area contributed by atoms with Crippen molar-refractivity contribution < 1.29 is 4.79 Å². The minimum Gasteiger partial charge on any atom is -0.369 e. The van der Waals surface area contributed by atoms with Crippen molar-refractivity contribution in [3.8, 4) is 0 Å². The minimum absolute atomic E-state index is 0.316. The van der Waals surface area contributed by atoms with E-state index in [9.17, 15) is 4.79 Å². The van der Waals surface area contributed by atoms with E-state index in [0.717, 1.165) is 45.4 Å². The molecule has 0 bridgehead atoms. The van der Waals surface area contributed by atoms with E-state index >= 15 is 0 Å². The van der Waals surface area contributed by atoms with E-state index in [1.54, 1.807) is 0 Å². The van der Waals surface area contributed by atoms with Crippen LogP contribution >= 0.6 is 0 Å². The fourth-order valence-corrected chi connectivity index (χ4v) is 3.81. The first kappa shape index (κ1) is 16.3. The van der Waals surface area contributed by atoms with E-state index in [-0.39, 0.29) is 0 Å². The smallest absolute Gasteiger partial charge is 0.222 e. The number of benzene rings is 1. The molecule has 2 atom stereocenters. The Morgan fingerprint density at radius 1 is 1.30 bits per heavy atom. The summed E-state index contributed by atoms with van der Waals surface area (Å²) in [5.74, 6) is 1.01. The van der Waals surface area contributed by atoms with Gasteiger partial charge in [0.05, 0.1) is 0 Å². The fraction of sp³-hybridized carbons (Fsp3) is 0.632. The molecule has 0 aliphatic carbocycles.